The average molecular weight is 431 g/mol. The fourth-order valence-electron chi connectivity index (χ4n) is 5.33. The molecule has 1 aliphatic heterocycles. The topological polar surface area (TPSA) is 50.2 Å². The molecule has 0 radical (unpaired) electrons. The number of carbonyl (C=O) groups is 1. The van der Waals surface area contributed by atoms with E-state index in [0.717, 1.165) is 56.8 Å². The lowest BCUT2D eigenvalue weighted by atomic mass is 9.92. The van der Waals surface area contributed by atoms with E-state index in [1.165, 1.54) is 35.9 Å². The summed E-state index contributed by atoms with van der Waals surface area (Å²) < 4.78 is 2.35. The van der Waals surface area contributed by atoms with Gasteiger partial charge < -0.3 is 14.8 Å². The molecule has 2 aliphatic rings. The lowest BCUT2D eigenvalue weighted by Crippen LogP contribution is -2.45. The quantitative estimate of drug-likeness (QED) is 0.616. The van der Waals surface area contributed by atoms with Gasteiger partial charge in [0.15, 0.2) is 0 Å². The van der Waals surface area contributed by atoms with Crippen LogP contribution in [0, 0.1) is 12.8 Å². The van der Waals surface area contributed by atoms with E-state index in [1.54, 1.807) is 0 Å². The Hall–Kier alpha value is -2.82. The molecule has 168 valence electrons. The number of aromatic nitrogens is 2. The van der Waals surface area contributed by atoms with Crippen LogP contribution in [0.4, 0.5) is 5.95 Å². The predicted octanol–water partition coefficient (Wildman–Crippen LogP) is 5.06. The van der Waals surface area contributed by atoms with Crippen molar-refractivity contribution in [2.45, 2.75) is 64.5 Å². The van der Waals surface area contributed by atoms with Crippen LogP contribution in [0.25, 0.3) is 11.0 Å². The molecule has 5 nitrogen and oxygen atoms in total. The highest BCUT2D eigenvalue weighted by molar-refractivity contribution is 5.80. The first kappa shape index (κ1) is 21.0. The van der Waals surface area contributed by atoms with Crippen molar-refractivity contribution in [3.63, 3.8) is 0 Å². The smallest absolute Gasteiger partial charge is 0.223 e. The number of benzene rings is 2. The number of para-hydroxylation sites is 2. The van der Waals surface area contributed by atoms with E-state index in [9.17, 15) is 4.79 Å². The minimum Gasteiger partial charge on any atom is -0.353 e. The molecule has 1 aliphatic carbocycles. The fourth-order valence-corrected chi connectivity index (χ4v) is 5.33. The van der Waals surface area contributed by atoms with Gasteiger partial charge in [-0.25, -0.2) is 4.98 Å². The molecule has 1 aromatic heterocycles. The number of rotatable bonds is 5. The zero-order valence-corrected chi connectivity index (χ0v) is 19.1. The van der Waals surface area contributed by atoms with Gasteiger partial charge in [0.2, 0.25) is 11.9 Å². The zero-order chi connectivity index (χ0) is 21.9. The molecule has 5 rings (SSSR count). The zero-order valence-electron chi connectivity index (χ0n) is 19.1. The summed E-state index contributed by atoms with van der Waals surface area (Å²) in [6, 6.07) is 17.4. The summed E-state index contributed by atoms with van der Waals surface area (Å²) in [6.45, 7) is 4.73. The Kier molecular flexibility index (Phi) is 6.15. The van der Waals surface area contributed by atoms with E-state index in [4.69, 9.17) is 4.98 Å². The Morgan fingerprint density at radius 3 is 2.47 bits per heavy atom. The minimum absolute atomic E-state index is 0.127. The molecule has 1 saturated heterocycles. The summed E-state index contributed by atoms with van der Waals surface area (Å²) >= 11 is 0. The minimum atomic E-state index is 0.127. The van der Waals surface area contributed by atoms with Crippen molar-refractivity contribution in [1.82, 2.24) is 14.9 Å². The summed E-state index contributed by atoms with van der Waals surface area (Å²) in [5, 5.41) is 3.34. The highest BCUT2D eigenvalue weighted by atomic mass is 16.1. The van der Waals surface area contributed by atoms with Gasteiger partial charge in [-0.2, -0.15) is 0 Å². The molecule has 2 aromatic carbocycles. The Labute approximate surface area is 190 Å². The predicted molar refractivity (Wildman–Crippen MR) is 130 cm³/mol. The van der Waals surface area contributed by atoms with Gasteiger partial charge in [-0.1, -0.05) is 55.7 Å². The van der Waals surface area contributed by atoms with Gasteiger partial charge >= 0.3 is 0 Å². The summed E-state index contributed by atoms with van der Waals surface area (Å²) in [5.74, 6) is 1.42. The molecule has 2 fully saturated rings. The maximum absolute atomic E-state index is 12.8. The number of fused-ring (bicyclic) bond motifs is 1. The Balaban J connectivity index is 1.32. The molecule has 1 amide bonds. The SMILES string of the molecule is Cc1ccccc1Cn1c(N2CCC(C(=O)NC3CCCCC3)CC2)nc2ccccc21. The molecule has 1 N–H and O–H groups in total. The number of imidazole rings is 1. The molecule has 1 saturated carbocycles. The largest absolute Gasteiger partial charge is 0.353 e. The summed E-state index contributed by atoms with van der Waals surface area (Å²) in [6.07, 6.45) is 7.90. The van der Waals surface area contributed by atoms with Gasteiger partial charge in [-0.05, 0) is 55.9 Å². The van der Waals surface area contributed by atoms with Crippen LogP contribution in [0.15, 0.2) is 48.5 Å². The van der Waals surface area contributed by atoms with Crippen molar-refractivity contribution in [3.8, 4) is 0 Å². The highest BCUT2D eigenvalue weighted by Crippen LogP contribution is 2.29. The third-order valence-corrected chi connectivity index (χ3v) is 7.32. The second-order valence-corrected chi connectivity index (χ2v) is 9.52. The number of hydrogen-bond acceptors (Lipinski definition) is 3. The number of amides is 1. The lowest BCUT2D eigenvalue weighted by molar-refractivity contribution is -0.126. The summed E-state index contributed by atoms with van der Waals surface area (Å²) in [4.78, 5) is 20.2. The van der Waals surface area contributed by atoms with Crippen molar-refractivity contribution >= 4 is 22.9 Å². The van der Waals surface area contributed by atoms with Gasteiger partial charge in [-0.15, -0.1) is 0 Å². The molecule has 32 heavy (non-hydrogen) atoms. The molecule has 5 heteroatoms. The van der Waals surface area contributed by atoms with Gasteiger partial charge in [-0.3, -0.25) is 4.79 Å². The standard InChI is InChI=1S/C27H34N4O/c1-20-9-5-6-10-22(20)19-31-25-14-8-7-13-24(25)29-27(31)30-17-15-21(16-18-30)26(32)28-23-11-3-2-4-12-23/h5-10,13-14,21,23H,2-4,11-12,15-19H2,1H3,(H,28,32). The molecule has 2 heterocycles. The van der Waals surface area contributed by atoms with Crippen LogP contribution in [0.1, 0.15) is 56.1 Å². The third-order valence-electron chi connectivity index (χ3n) is 7.32. The Morgan fingerprint density at radius 1 is 0.969 bits per heavy atom. The number of anilines is 1. The molecule has 0 spiro atoms. The van der Waals surface area contributed by atoms with Crippen LogP contribution in [0.3, 0.4) is 0 Å². The lowest BCUT2D eigenvalue weighted by Gasteiger charge is -2.33. The normalized spacial score (nSPS) is 18.2. The van der Waals surface area contributed by atoms with Crippen LogP contribution in [0.2, 0.25) is 0 Å². The fraction of sp³-hybridized carbons (Fsp3) is 0.481. The summed E-state index contributed by atoms with van der Waals surface area (Å²) in [5.41, 5.74) is 4.82. The van der Waals surface area contributed by atoms with Crippen LogP contribution >= 0.6 is 0 Å². The van der Waals surface area contributed by atoms with Gasteiger partial charge in [0, 0.05) is 25.0 Å². The number of carbonyl (C=O) groups excluding carboxylic acids is 1. The van der Waals surface area contributed by atoms with E-state index in [2.05, 4.69) is 70.2 Å². The van der Waals surface area contributed by atoms with E-state index in [0.29, 0.717) is 6.04 Å². The van der Waals surface area contributed by atoms with Crippen LogP contribution in [-0.4, -0.2) is 34.6 Å². The number of hydrogen-bond donors (Lipinski definition) is 1. The monoisotopic (exact) mass is 430 g/mol. The van der Waals surface area contributed by atoms with E-state index < -0.39 is 0 Å². The second-order valence-electron chi connectivity index (χ2n) is 9.52. The maximum Gasteiger partial charge on any atom is 0.223 e. The first-order chi connectivity index (χ1) is 15.7. The molecular formula is C27H34N4O. The highest BCUT2D eigenvalue weighted by Gasteiger charge is 2.29. The van der Waals surface area contributed by atoms with Crippen molar-refractivity contribution < 1.29 is 4.79 Å². The van der Waals surface area contributed by atoms with E-state index in [-0.39, 0.29) is 11.8 Å². The average Bonchev–Trinajstić information content (AvgIpc) is 3.20. The number of piperidine rings is 1. The van der Waals surface area contributed by atoms with Crippen molar-refractivity contribution in [1.29, 1.82) is 0 Å². The van der Waals surface area contributed by atoms with Gasteiger partial charge in [0.1, 0.15) is 0 Å². The van der Waals surface area contributed by atoms with E-state index in [1.807, 2.05) is 0 Å². The van der Waals surface area contributed by atoms with Crippen LogP contribution in [0.5, 0.6) is 0 Å². The van der Waals surface area contributed by atoms with E-state index >= 15 is 0 Å². The van der Waals surface area contributed by atoms with Crippen LogP contribution < -0.4 is 10.2 Å². The summed E-state index contributed by atoms with van der Waals surface area (Å²) in [7, 11) is 0. The first-order valence-corrected chi connectivity index (χ1v) is 12.2. The number of nitrogens with one attached hydrogen (secondary N) is 1. The Bertz CT molecular complexity index is 1070. The van der Waals surface area contributed by atoms with Crippen LogP contribution in [-0.2, 0) is 11.3 Å². The first-order valence-electron chi connectivity index (χ1n) is 12.2. The third kappa shape index (κ3) is 4.38. The van der Waals surface area contributed by atoms with Crippen molar-refractivity contribution in [3.05, 3.63) is 59.7 Å². The molecular weight excluding hydrogens is 396 g/mol. The molecule has 3 aromatic rings. The van der Waals surface area contributed by atoms with Crippen molar-refractivity contribution in [2.24, 2.45) is 5.92 Å². The molecule has 0 unspecified atom stereocenters. The van der Waals surface area contributed by atoms with Gasteiger partial charge in [0.05, 0.1) is 17.6 Å². The second kappa shape index (κ2) is 9.35. The maximum atomic E-state index is 12.8. The van der Waals surface area contributed by atoms with Gasteiger partial charge in [0.25, 0.3) is 0 Å². The number of aryl methyl sites for hydroxylation is 1. The Morgan fingerprint density at radius 2 is 1.69 bits per heavy atom. The molecule has 0 bridgehead atoms. The number of nitrogens with zero attached hydrogens (tertiary/aromatic N) is 3. The van der Waals surface area contributed by atoms with Crippen molar-refractivity contribution in [2.75, 3.05) is 18.0 Å². The molecule has 0 atom stereocenters.